The highest BCUT2D eigenvalue weighted by molar-refractivity contribution is 5.11. The molecule has 0 bridgehead atoms. The highest BCUT2D eigenvalue weighted by Crippen LogP contribution is 2.25. The number of pyridine rings is 1. The zero-order valence-electron chi connectivity index (χ0n) is 9.97. The van der Waals surface area contributed by atoms with Crippen LogP contribution in [0.4, 0.5) is 0 Å². The molecule has 0 saturated carbocycles. The SMILES string of the molecule is CC(N)C(c1ccccn1)N1CCCCC1. The maximum Gasteiger partial charge on any atom is 0.0670 e. The van der Waals surface area contributed by atoms with Crippen LogP contribution in [-0.4, -0.2) is 29.0 Å². The van der Waals surface area contributed by atoms with Crippen LogP contribution in [0.2, 0.25) is 0 Å². The normalized spacial score (nSPS) is 21.6. The van der Waals surface area contributed by atoms with Crippen LogP contribution < -0.4 is 5.73 Å². The summed E-state index contributed by atoms with van der Waals surface area (Å²) in [4.78, 5) is 6.94. The molecule has 2 unspecified atom stereocenters. The fourth-order valence-electron chi connectivity index (χ4n) is 2.54. The van der Waals surface area contributed by atoms with Gasteiger partial charge in [-0.25, -0.2) is 0 Å². The fraction of sp³-hybridized carbons (Fsp3) is 0.615. The molecule has 1 saturated heterocycles. The van der Waals surface area contributed by atoms with Crippen molar-refractivity contribution in [2.75, 3.05) is 13.1 Å². The van der Waals surface area contributed by atoms with Gasteiger partial charge in [-0.15, -0.1) is 0 Å². The molecule has 0 aliphatic carbocycles. The fourth-order valence-corrected chi connectivity index (χ4v) is 2.54. The molecule has 1 aliphatic rings. The molecule has 1 aromatic heterocycles. The monoisotopic (exact) mass is 219 g/mol. The lowest BCUT2D eigenvalue weighted by Crippen LogP contribution is -2.42. The van der Waals surface area contributed by atoms with E-state index in [9.17, 15) is 0 Å². The molecule has 16 heavy (non-hydrogen) atoms. The van der Waals surface area contributed by atoms with Gasteiger partial charge < -0.3 is 5.73 Å². The van der Waals surface area contributed by atoms with Crippen molar-refractivity contribution >= 4 is 0 Å². The lowest BCUT2D eigenvalue weighted by atomic mass is 10.0. The Morgan fingerprint density at radius 3 is 2.56 bits per heavy atom. The quantitative estimate of drug-likeness (QED) is 0.845. The molecular formula is C13H21N3. The van der Waals surface area contributed by atoms with Gasteiger partial charge in [-0.05, 0) is 45.0 Å². The molecular weight excluding hydrogens is 198 g/mol. The first kappa shape index (κ1) is 11.6. The third kappa shape index (κ3) is 2.60. The van der Waals surface area contributed by atoms with E-state index in [1.807, 2.05) is 18.3 Å². The molecule has 2 heterocycles. The van der Waals surface area contributed by atoms with Gasteiger partial charge in [0, 0.05) is 12.2 Å². The van der Waals surface area contributed by atoms with Crippen molar-refractivity contribution in [3.05, 3.63) is 30.1 Å². The first-order valence-electron chi connectivity index (χ1n) is 6.19. The molecule has 3 nitrogen and oxygen atoms in total. The van der Waals surface area contributed by atoms with Crippen molar-refractivity contribution in [1.82, 2.24) is 9.88 Å². The van der Waals surface area contributed by atoms with Gasteiger partial charge >= 0.3 is 0 Å². The van der Waals surface area contributed by atoms with Crippen LogP contribution in [-0.2, 0) is 0 Å². The van der Waals surface area contributed by atoms with Gasteiger partial charge in [-0.2, -0.15) is 0 Å². The Morgan fingerprint density at radius 2 is 2.00 bits per heavy atom. The Bertz CT molecular complexity index is 304. The summed E-state index contributed by atoms with van der Waals surface area (Å²) in [5, 5.41) is 0. The predicted molar refractivity (Wildman–Crippen MR) is 66.1 cm³/mol. The second kappa shape index (κ2) is 5.41. The molecule has 88 valence electrons. The number of hydrogen-bond acceptors (Lipinski definition) is 3. The molecule has 1 aromatic rings. The summed E-state index contributed by atoms with van der Waals surface area (Å²) in [6.07, 6.45) is 5.78. The van der Waals surface area contributed by atoms with Gasteiger partial charge in [0.2, 0.25) is 0 Å². The van der Waals surface area contributed by atoms with Gasteiger partial charge in [0.25, 0.3) is 0 Å². The molecule has 0 amide bonds. The molecule has 0 spiro atoms. The molecule has 0 aromatic carbocycles. The van der Waals surface area contributed by atoms with E-state index in [2.05, 4.69) is 22.9 Å². The number of rotatable bonds is 3. The summed E-state index contributed by atoms with van der Waals surface area (Å²) in [7, 11) is 0. The van der Waals surface area contributed by atoms with Crippen LogP contribution in [0.5, 0.6) is 0 Å². The second-order valence-corrected chi connectivity index (χ2v) is 4.66. The van der Waals surface area contributed by atoms with Crippen molar-refractivity contribution in [3.63, 3.8) is 0 Å². The molecule has 2 atom stereocenters. The van der Waals surface area contributed by atoms with Gasteiger partial charge in [-0.3, -0.25) is 9.88 Å². The van der Waals surface area contributed by atoms with Gasteiger partial charge in [0.05, 0.1) is 11.7 Å². The van der Waals surface area contributed by atoms with E-state index in [1.165, 1.54) is 19.3 Å². The number of nitrogens with zero attached hydrogens (tertiary/aromatic N) is 2. The topological polar surface area (TPSA) is 42.1 Å². The average Bonchev–Trinajstić information content (AvgIpc) is 2.31. The highest BCUT2D eigenvalue weighted by Gasteiger charge is 2.25. The van der Waals surface area contributed by atoms with Crippen molar-refractivity contribution in [3.8, 4) is 0 Å². The Kier molecular flexibility index (Phi) is 3.91. The minimum atomic E-state index is 0.132. The lowest BCUT2D eigenvalue weighted by molar-refractivity contribution is 0.143. The molecule has 0 radical (unpaired) electrons. The maximum atomic E-state index is 6.12. The van der Waals surface area contributed by atoms with E-state index in [4.69, 9.17) is 5.73 Å². The maximum absolute atomic E-state index is 6.12. The zero-order valence-corrected chi connectivity index (χ0v) is 9.97. The van der Waals surface area contributed by atoms with E-state index in [1.54, 1.807) is 0 Å². The van der Waals surface area contributed by atoms with Gasteiger partial charge in [0.15, 0.2) is 0 Å². The van der Waals surface area contributed by atoms with Crippen LogP contribution in [0.15, 0.2) is 24.4 Å². The summed E-state index contributed by atoms with van der Waals surface area (Å²) in [5.74, 6) is 0. The Hall–Kier alpha value is -0.930. The van der Waals surface area contributed by atoms with Gasteiger partial charge in [-0.1, -0.05) is 12.5 Å². The zero-order chi connectivity index (χ0) is 11.4. The third-order valence-corrected chi connectivity index (χ3v) is 3.27. The van der Waals surface area contributed by atoms with E-state index < -0.39 is 0 Å². The first-order valence-corrected chi connectivity index (χ1v) is 6.19. The second-order valence-electron chi connectivity index (χ2n) is 4.66. The van der Waals surface area contributed by atoms with E-state index in [0.717, 1.165) is 18.8 Å². The van der Waals surface area contributed by atoms with Crippen molar-refractivity contribution in [2.24, 2.45) is 5.73 Å². The third-order valence-electron chi connectivity index (χ3n) is 3.27. The summed E-state index contributed by atoms with van der Waals surface area (Å²) in [6.45, 7) is 4.39. The number of nitrogens with two attached hydrogens (primary N) is 1. The minimum absolute atomic E-state index is 0.132. The van der Waals surface area contributed by atoms with Crippen molar-refractivity contribution in [2.45, 2.75) is 38.3 Å². The van der Waals surface area contributed by atoms with E-state index in [-0.39, 0.29) is 12.1 Å². The van der Waals surface area contributed by atoms with E-state index >= 15 is 0 Å². The number of aromatic nitrogens is 1. The Balaban J connectivity index is 2.16. The van der Waals surface area contributed by atoms with Crippen LogP contribution in [0, 0.1) is 0 Å². The summed E-state index contributed by atoms with van der Waals surface area (Å²) in [6, 6.07) is 6.50. The summed E-state index contributed by atoms with van der Waals surface area (Å²) >= 11 is 0. The smallest absolute Gasteiger partial charge is 0.0670 e. The summed E-state index contributed by atoms with van der Waals surface area (Å²) in [5.41, 5.74) is 7.23. The van der Waals surface area contributed by atoms with Crippen molar-refractivity contribution < 1.29 is 0 Å². The lowest BCUT2D eigenvalue weighted by Gasteiger charge is -2.36. The molecule has 2 N–H and O–H groups in total. The Labute approximate surface area is 97.7 Å². The van der Waals surface area contributed by atoms with Crippen LogP contribution >= 0.6 is 0 Å². The summed E-state index contributed by atoms with van der Waals surface area (Å²) < 4.78 is 0. The minimum Gasteiger partial charge on any atom is -0.326 e. The number of piperidine rings is 1. The molecule has 3 heteroatoms. The predicted octanol–water partition coefficient (Wildman–Crippen LogP) is 1.96. The average molecular weight is 219 g/mol. The molecule has 2 rings (SSSR count). The van der Waals surface area contributed by atoms with Crippen LogP contribution in [0.25, 0.3) is 0 Å². The number of likely N-dealkylation sites (tertiary alicyclic amines) is 1. The van der Waals surface area contributed by atoms with E-state index in [0.29, 0.717) is 0 Å². The van der Waals surface area contributed by atoms with Gasteiger partial charge in [0.1, 0.15) is 0 Å². The Morgan fingerprint density at radius 1 is 1.25 bits per heavy atom. The number of hydrogen-bond donors (Lipinski definition) is 1. The van der Waals surface area contributed by atoms with Crippen LogP contribution in [0.3, 0.4) is 0 Å². The molecule has 1 fully saturated rings. The van der Waals surface area contributed by atoms with Crippen molar-refractivity contribution in [1.29, 1.82) is 0 Å². The van der Waals surface area contributed by atoms with Crippen LogP contribution in [0.1, 0.15) is 37.9 Å². The first-order chi connectivity index (χ1) is 7.79. The standard InChI is InChI=1S/C13H21N3/c1-11(14)13(12-7-3-4-8-15-12)16-9-5-2-6-10-16/h3-4,7-8,11,13H,2,5-6,9-10,14H2,1H3. The largest absolute Gasteiger partial charge is 0.326 e. The highest BCUT2D eigenvalue weighted by atomic mass is 15.2. The molecule has 1 aliphatic heterocycles.